The third kappa shape index (κ3) is 3.20. The molecule has 1 aliphatic rings. The second-order valence-corrected chi connectivity index (χ2v) is 5.48. The number of hydrogen-bond acceptors (Lipinski definition) is 6. The fourth-order valence-corrected chi connectivity index (χ4v) is 2.51. The molecule has 0 bridgehead atoms. The SMILES string of the molecule is COCCC1(CNc2nc(C(=O)OC)cs2)CC1. The van der Waals surface area contributed by atoms with Crippen molar-refractivity contribution < 1.29 is 14.3 Å². The highest BCUT2D eigenvalue weighted by Gasteiger charge is 2.41. The van der Waals surface area contributed by atoms with Crippen molar-refractivity contribution in [1.82, 2.24) is 4.98 Å². The maximum absolute atomic E-state index is 11.3. The lowest BCUT2D eigenvalue weighted by molar-refractivity contribution is 0.0595. The molecule has 100 valence electrons. The Bertz CT molecular complexity index is 415. The first-order chi connectivity index (χ1) is 8.69. The van der Waals surface area contributed by atoms with Crippen molar-refractivity contribution in [2.24, 2.45) is 5.41 Å². The molecule has 18 heavy (non-hydrogen) atoms. The number of anilines is 1. The zero-order chi connectivity index (χ0) is 13.0. The fraction of sp³-hybridized carbons (Fsp3) is 0.667. The second-order valence-electron chi connectivity index (χ2n) is 4.63. The molecule has 0 aliphatic heterocycles. The molecule has 0 aromatic carbocycles. The second kappa shape index (κ2) is 5.67. The highest BCUT2D eigenvalue weighted by molar-refractivity contribution is 7.13. The number of thiazole rings is 1. The summed E-state index contributed by atoms with van der Waals surface area (Å²) >= 11 is 1.43. The van der Waals surface area contributed by atoms with Crippen molar-refractivity contribution in [2.75, 3.05) is 32.7 Å². The van der Waals surface area contributed by atoms with Gasteiger partial charge in [0.1, 0.15) is 0 Å². The Morgan fingerprint density at radius 3 is 2.94 bits per heavy atom. The molecule has 1 aliphatic carbocycles. The average Bonchev–Trinajstić information content (AvgIpc) is 3.01. The summed E-state index contributed by atoms with van der Waals surface area (Å²) in [7, 11) is 3.09. The van der Waals surface area contributed by atoms with Crippen molar-refractivity contribution in [1.29, 1.82) is 0 Å². The van der Waals surface area contributed by atoms with E-state index in [4.69, 9.17) is 4.74 Å². The van der Waals surface area contributed by atoms with Gasteiger partial charge in [-0.1, -0.05) is 0 Å². The predicted octanol–water partition coefficient (Wildman–Crippen LogP) is 2.16. The Morgan fingerprint density at radius 2 is 2.33 bits per heavy atom. The van der Waals surface area contributed by atoms with Crippen LogP contribution >= 0.6 is 11.3 Å². The minimum atomic E-state index is -0.389. The maximum Gasteiger partial charge on any atom is 0.357 e. The number of nitrogens with one attached hydrogen (secondary N) is 1. The first-order valence-electron chi connectivity index (χ1n) is 5.96. The minimum Gasteiger partial charge on any atom is -0.464 e. The zero-order valence-corrected chi connectivity index (χ0v) is 11.5. The molecule has 0 spiro atoms. The molecule has 1 heterocycles. The number of aromatic nitrogens is 1. The number of ether oxygens (including phenoxy) is 2. The summed E-state index contributed by atoms with van der Waals surface area (Å²) in [6.45, 7) is 1.69. The lowest BCUT2D eigenvalue weighted by Gasteiger charge is -2.14. The van der Waals surface area contributed by atoms with E-state index in [0.29, 0.717) is 11.1 Å². The molecule has 1 saturated carbocycles. The summed E-state index contributed by atoms with van der Waals surface area (Å²) in [5.41, 5.74) is 0.736. The van der Waals surface area contributed by atoms with E-state index in [1.807, 2.05) is 0 Å². The van der Waals surface area contributed by atoms with Gasteiger partial charge in [0.15, 0.2) is 10.8 Å². The molecule has 0 atom stereocenters. The van der Waals surface area contributed by atoms with Crippen LogP contribution in [-0.2, 0) is 9.47 Å². The van der Waals surface area contributed by atoms with E-state index in [1.165, 1.54) is 31.3 Å². The molecule has 5 nitrogen and oxygen atoms in total. The number of carbonyl (C=O) groups is 1. The Labute approximate surface area is 111 Å². The maximum atomic E-state index is 11.3. The predicted molar refractivity (Wildman–Crippen MR) is 70.1 cm³/mol. The third-order valence-electron chi connectivity index (χ3n) is 3.31. The van der Waals surface area contributed by atoms with Gasteiger partial charge < -0.3 is 14.8 Å². The van der Waals surface area contributed by atoms with Crippen LogP contribution < -0.4 is 5.32 Å². The average molecular weight is 270 g/mol. The minimum absolute atomic E-state index is 0.367. The van der Waals surface area contributed by atoms with Crippen molar-refractivity contribution >= 4 is 22.4 Å². The van der Waals surface area contributed by atoms with E-state index in [2.05, 4.69) is 15.0 Å². The van der Waals surface area contributed by atoms with Crippen LogP contribution in [0, 0.1) is 5.41 Å². The van der Waals surface area contributed by atoms with Gasteiger partial charge in [0.05, 0.1) is 7.11 Å². The number of hydrogen-bond donors (Lipinski definition) is 1. The van der Waals surface area contributed by atoms with Gasteiger partial charge in [0.25, 0.3) is 0 Å². The normalized spacial score (nSPS) is 16.3. The lowest BCUT2D eigenvalue weighted by Crippen LogP contribution is -2.17. The molecule has 0 radical (unpaired) electrons. The van der Waals surface area contributed by atoms with Gasteiger partial charge >= 0.3 is 5.97 Å². The van der Waals surface area contributed by atoms with Crippen LogP contribution in [0.2, 0.25) is 0 Å². The quantitative estimate of drug-likeness (QED) is 0.769. The van der Waals surface area contributed by atoms with Crippen LogP contribution in [0.15, 0.2) is 5.38 Å². The first kappa shape index (κ1) is 13.3. The van der Waals surface area contributed by atoms with Crippen molar-refractivity contribution in [2.45, 2.75) is 19.3 Å². The summed E-state index contributed by atoms with van der Waals surface area (Å²) in [6.07, 6.45) is 3.54. The molecule has 6 heteroatoms. The monoisotopic (exact) mass is 270 g/mol. The van der Waals surface area contributed by atoms with Crippen molar-refractivity contribution in [3.63, 3.8) is 0 Å². The third-order valence-corrected chi connectivity index (χ3v) is 4.11. The van der Waals surface area contributed by atoms with Gasteiger partial charge in [-0.2, -0.15) is 0 Å². The summed E-state index contributed by atoms with van der Waals surface area (Å²) in [5.74, 6) is -0.389. The summed E-state index contributed by atoms with van der Waals surface area (Å²) in [5, 5.41) is 5.79. The van der Waals surface area contributed by atoms with Gasteiger partial charge in [0.2, 0.25) is 0 Å². The Balaban J connectivity index is 1.83. The smallest absolute Gasteiger partial charge is 0.357 e. The molecule has 2 rings (SSSR count). The van der Waals surface area contributed by atoms with Gasteiger partial charge in [-0.05, 0) is 24.7 Å². The van der Waals surface area contributed by atoms with E-state index < -0.39 is 0 Å². The Kier molecular flexibility index (Phi) is 4.19. The van der Waals surface area contributed by atoms with Gasteiger partial charge in [-0.3, -0.25) is 0 Å². The highest BCUT2D eigenvalue weighted by Crippen LogP contribution is 2.48. The molecular weight excluding hydrogens is 252 g/mol. The number of methoxy groups -OCH3 is 2. The van der Waals surface area contributed by atoms with Crippen LogP contribution in [0.1, 0.15) is 29.8 Å². The lowest BCUT2D eigenvalue weighted by atomic mass is 10.0. The standard InChI is InChI=1S/C12H18N2O3S/c1-16-6-5-12(3-4-12)8-13-11-14-9(7-18-11)10(15)17-2/h7H,3-6,8H2,1-2H3,(H,13,14). The van der Waals surface area contributed by atoms with Crippen LogP contribution in [0.5, 0.6) is 0 Å². The van der Waals surface area contributed by atoms with Crippen LogP contribution in [-0.4, -0.2) is 38.3 Å². The van der Waals surface area contributed by atoms with E-state index in [1.54, 1.807) is 12.5 Å². The molecule has 1 N–H and O–H groups in total. The van der Waals surface area contributed by atoms with Gasteiger partial charge in [0, 0.05) is 25.6 Å². The first-order valence-corrected chi connectivity index (χ1v) is 6.84. The largest absolute Gasteiger partial charge is 0.464 e. The van der Waals surface area contributed by atoms with E-state index in [9.17, 15) is 4.79 Å². The molecule has 1 aromatic heterocycles. The number of nitrogens with zero attached hydrogens (tertiary/aromatic N) is 1. The Hall–Kier alpha value is -1.14. The Morgan fingerprint density at radius 1 is 1.56 bits per heavy atom. The molecular formula is C12H18N2O3S. The number of carbonyl (C=O) groups excluding carboxylic acids is 1. The van der Waals surface area contributed by atoms with E-state index in [0.717, 1.165) is 24.7 Å². The van der Waals surface area contributed by atoms with E-state index in [-0.39, 0.29) is 5.97 Å². The molecule has 0 amide bonds. The topological polar surface area (TPSA) is 60.5 Å². The molecule has 0 saturated heterocycles. The van der Waals surface area contributed by atoms with Crippen LogP contribution in [0.3, 0.4) is 0 Å². The summed E-state index contributed by atoms with van der Waals surface area (Å²) in [6, 6.07) is 0. The summed E-state index contributed by atoms with van der Waals surface area (Å²) < 4.78 is 9.74. The van der Waals surface area contributed by atoms with Crippen molar-refractivity contribution in [3.05, 3.63) is 11.1 Å². The van der Waals surface area contributed by atoms with Gasteiger partial charge in [-0.25, -0.2) is 9.78 Å². The number of rotatable bonds is 7. The zero-order valence-electron chi connectivity index (χ0n) is 10.7. The van der Waals surface area contributed by atoms with E-state index >= 15 is 0 Å². The molecule has 0 unspecified atom stereocenters. The van der Waals surface area contributed by atoms with Crippen LogP contribution in [0.4, 0.5) is 5.13 Å². The molecule has 1 fully saturated rings. The number of esters is 1. The highest BCUT2D eigenvalue weighted by atomic mass is 32.1. The van der Waals surface area contributed by atoms with Gasteiger partial charge in [-0.15, -0.1) is 11.3 Å². The van der Waals surface area contributed by atoms with Crippen molar-refractivity contribution in [3.8, 4) is 0 Å². The fourth-order valence-electron chi connectivity index (χ4n) is 1.83. The summed E-state index contributed by atoms with van der Waals surface area (Å²) in [4.78, 5) is 15.5. The molecule has 1 aromatic rings. The van der Waals surface area contributed by atoms with Crippen LogP contribution in [0.25, 0.3) is 0 Å².